The van der Waals surface area contributed by atoms with Gasteiger partial charge in [-0.25, -0.2) is 22.5 Å². The molecule has 0 unspecified atom stereocenters. The van der Waals surface area contributed by atoms with Crippen LogP contribution in [0.5, 0.6) is 0 Å². The van der Waals surface area contributed by atoms with E-state index in [1.807, 2.05) is 0 Å². The van der Waals surface area contributed by atoms with E-state index in [-0.39, 0.29) is 56.5 Å². The van der Waals surface area contributed by atoms with E-state index < -0.39 is 77.2 Å². The minimum absolute atomic E-state index is 0.0402. The molecular weight excluding hydrogens is 818 g/mol. The first-order valence-electron chi connectivity index (χ1n) is 18.4. The number of benzene rings is 2. The standard InChI is InChI=1S/C41H35ClF6N8O4/c1-19-20(2)41(47,48)36-31(19)34(37(45)46)53-56(36)18-30(57)51-28(16-21-14-22(43)17-23(44)15-21)33-25(7-6-24(50-33)10-12-40(3,4)59)26-8-9-27(42)32-35(26)55(5)54-38(32)52-39(58)29-11-13-49-60-29/h6-9,11,13-15,17,19-20,28,37,59H,16,18H2,1-5H3,(H,51,57)(H,52,54,58)/t19-,20+,28-/m0/s1. The number of aromatic nitrogens is 6. The highest BCUT2D eigenvalue weighted by Crippen LogP contribution is 2.54. The highest BCUT2D eigenvalue weighted by molar-refractivity contribution is 6.37. The number of amides is 2. The minimum atomic E-state index is -3.61. The zero-order valence-corrected chi connectivity index (χ0v) is 33.2. The Hall–Kier alpha value is -6.19. The van der Waals surface area contributed by atoms with Crippen LogP contribution in [0.15, 0.2) is 59.3 Å². The van der Waals surface area contributed by atoms with Gasteiger partial charge in [0.05, 0.1) is 33.9 Å². The van der Waals surface area contributed by atoms with Gasteiger partial charge in [-0.15, -0.1) is 0 Å². The maximum atomic E-state index is 15.6. The molecule has 0 aliphatic heterocycles. The molecule has 19 heteroatoms. The molecule has 0 bridgehead atoms. The molecule has 60 heavy (non-hydrogen) atoms. The summed E-state index contributed by atoms with van der Waals surface area (Å²) < 4.78 is 95.8. The summed E-state index contributed by atoms with van der Waals surface area (Å²) in [6, 6.07) is 8.98. The van der Waals surface area contributed by atoms with E-state index in [2.05, 4.69) is 37.8 Å². The molecule has 312 valence electrons. The lowest BCUT2D eigenvalue weighted by molar-refractivity contribution is -0.123. The zero-order valence-electron chi connectivity index (χ0n) is 32.4. The number of aliphatic hydroxyl groups is 1. The van der Waals surface area contributed by atoms with Crippen molar-refractivity contribution >= 4 is 40.1 Å². The second kappa shape index (κ2) is 15.8. The van der Waals surface area contributed by atoms with Crippen molar-refractivity contribution in [2.75, 3.05) is 5.32 Å². The first-order chi connectivity index (χ1) is 28.2. The molecule has 12 nitrogen and oxygen atoms in total. The molecule has 6 aromatic rings. The maximum Gasteiger partial charge on any atom is 0.295 e. The summed E-state index contributed by atoms with van der Waals surface area (Å²) in [7, 11) is 1.57. The Bertz CT molecular complexity index is 2700. The Morgan fingerprint density at radius 3 is 2.38 bits per heavy atom. The number of carbonyl (C=O) groups is 2. The Morgan fingerprint density at radius 1 is 1.03 bits per heavy atom. The van der Waals surface area contributed by atoms with Crippen molar-refractivity contribution in [2.24, 2.45) is 13.0 Å². The van der Waals surface area contributed by atoms with Crippen LogP contribution in [0.25, 0.3) is 22.0 Å². The number of halogens is 7. The minimum Gasteiger partial charge on any atom is -0.378 e. The largest absolute Gasteiger partial charge is 0.378 e. The maximum absolute atomic E-state index is 15.6. The van der Waals surface area contributed by atoms with Crippen molar-refractivity contribution in [1.29, 1.82) is 0 Å². The number of nitrogens with zero attached hydrogens (tertiary/aromatic N) is 6. The van der Waals surface area contributed by atoms with E-state index in [9.17, 15) is 32.3 Å². The summed E-state index contributed by atoms with van der Waals surface area (Å²) in [5.74, 6) is -4.12. The zero-order chi connectivity index (χ0) is 43.4. The quantitative estimate of drug-likeness (QED) is 0.0926. The predicted octanol–water partition coefficient (Wildman–Crippen LogP) is 8.01. The molecule has 3 atom stereocenters. The Kier molecular flexibility index (Phi) is 11.0. The van der Waals surface area contributed by atoms with E-state index in [4.69, 9.17) is 21.1 Å². The van der Waals surface area contributed by atoms with Gasteiger partial charge < -0.3 is 20.3 Å². The van der Waals surface area contributed by atoms with Gasteiger partial charge in [0.25, 0.3) is 18.3 Å². The molecular formula is C41H35ClF6N8O4. The molecule has 1 aliphatic rings. The van der Waals surface area contributed by atoms with Gasteiger partial charge in [0.15, 0.2) is 5.82 Å². The molecule has 0 spiro atoms. The van der Waals surface area contributed by atoms with Crippen LogP contribution in [0.1, 0.15) is 90.5 Å². The van der Waals surface area contributed by atoms with Crippen molar-refractivity contribution < 1.29 is 45.6 Å². The van der Waals surface area contributed by atoms with Crippen LogP contribution in [0, 0.1) is 29.4 Å². The van der Waals surface area contributed by atoms with Crippen LogP contribution >= 0.6 is 11.6 Å². The second-order valence-electron chi connectivity index (χ2n) is 15.0. The average Bonchev–Trinajstić information content (AvgIpc) is 3.94. The number of anilines is 1. The third kappa shape index (κ3) is 8.06. The Balaban J connectivity index is 1.38. The van der Waals surface area contributed by atoms with Gasteiger partial charge in [0, 0.05) is 41.8 Å². The first kappa shape index (κ1) is 42.0. The van der Waals surface area contributed by atoms with E-state index in [0.717, 1.165) is 12.1 Å². The summed E-state index contributed by atoms with van der Waals surface area (Å²) in [5, 5.41) is 28.0. The number of fused-ring (bicyclic) bond motifs is 2. The molecule has 7 rings (SSSR count). The van der Waals surface area contributed by atoms with E-state index >= 15 is 8.78 Å². The lowest BCUT2D eigenvalue weighted by atomic mass is 9.93. The molecule has 0 fully saturated rings. The number of hydrogen-bond donors (Lipinski definition) is 3. The molecule has 2 amide bonds. The number of pyridine rings is 1. The highest BCUT2D eigenvalue weighted by atomic mass is 35.5. The summed E-state index contributed by atoms with van der Waals surface area (Å²) in [5.41, 5.74) is -2.25. The molecule has 0 saturated heterocycles. The van der Waals surface area contributed by atoms with Gasteiger partial charge >= 0.3 is 0 Å². The molecule has 2 aromatic carbocycles. The van der Waals surface area contributed by atoms with Gasteiger partial charge in [-0.3, -0.25) is 19.0 Å². The SMILES string of the molecule is C[C@@H]1c2c(C(F)F)nn(CC(=O)N[C@@H](Cc3cc(F)cc(F)c3)c3nc(C#CC(C)(C)O)ccc3-c3ccc(Cl)c4c(NC(=O)c5ccno5)nn(C)c34)c2C(F)(F)[C@@H]1C. The van der Waals surface area contributed by atoms with Gasteiger partial charge in [-0.05, 0) is 68.0 Å². The van der Waals surface area contributed by atoms with Crippen molar-refractivity contribution in [3.8, 4) is 23.0 Å². The van der Waals surface area contributed by atoms with Crippen LogP contribution in [-0.2, 0) is 30.7 Å². The van der Waals surface area contributed by atoms with Crippen LogP contribution in [0.4, 0.5) is 32.2 Å². The van der Waals surface area contributed by atoms with Crippen molar-refractivity contribution in [3.63, 3.8) is 0 Å². The smallest absolute Gasteiger partial charge is 0.295 e. The van der Waals surface area contributed by atoms with Crippen LogP contribution in [-0.4, -0.2) is 52.2 Å². The second-order valence-corrected chi connectivity index (χ2v) is 15.4. The van der Waals surface area contributed by atoms with Crippen molar-refractivity contribution in [2.45, 2.75) is 70.6 Å². The van der Waals surface area contributed by atoms with Crippen LogP contribution in [0.3, 0.4) is 0 Å². The van der Waals surface area contributed by atoms with Crippen LogP contribution in [0.2, 0.25) is 5.02 Å². The lowest BCUT2D eigenvalue weighted by Crippen LogP contribution is -2.35. The average molecular weight is 853 g/mol. The third-order valence-corrected chi connectivity index (χ3v) is 10.5. The van der Waals surface area contributed by atoms with Crippen LogP contribution < -0.4 is 10.6 Å². The van der Waals surface area contributed by atoms with E-state index in [1.54, 1.807) is 19.2 Å². The van der Waals surface area contributed by atoms with Gasteiger partial charge in [0.2, 0.25) is 11.7 Å². The number of nitrogens with one attached hydrogen (secondary N) is 2. The summed E-state index contributed by atoms with van der Waals surface area (Å²) in [6.07, 6.45) is -2.26. The fourth-order valence-electron chi connectivity index (χ4n) is 7.35. The van der Waals surface area contributed by atoms with Gasteiger partial charge in [0.1, 0.15) is 40.9 Å². The Labute approximate surface area is 342 Å². The first-order valence-corrected chi connectivity index (χ1v) is 18.8. The summed E-state index contributed by atoms with van der Waals surface area (Å²) in [4.78, 5) is 31.8. The van der Waals surface area contributed by atoms with Crippen molar-refractivity contribution in [1.82, 2.24) is 35.0 Å². The fraction of sp³-hybridized carbons (Fsp3) is 0.317. The topological polar surface area (TPSA) is 153 Å². The number of hydrogen-bond acceptors (Lipinski definition) is 8. The van der Waals surface area contributed by atoms with E-state index in [1.165, 1.54) is 56.8 Å². The number of carbonyl (C=O) groups excluding carboxylic acids is 2. The lowest BCUT2D eigenvalue weighted by Gasteiger charge is -2.23. The summed E-state index contributed by atoms with van der Waals surface area (Å²) in [6.45, 7) is 4.56. The number of aryl methyl sites for hydroxylation is 1. The molecule has 3 N–H and O–H groups in total. The van der Waals surface area contributed by atoms with E-state index in [0.29, 0.717) is 21.8 Å². The predicted molar refractivity (Wildman–Crippen MR) is 206 cm³/mol. The monoisotopic (exact) mass is 852 g/mol. The van der Waals surface area contributed by atoms with Gasteiger partial charge in [-0.2, -0.15) is 19.0 Å². The number of rotatable bonds is 10. The normalized spacial score (nSPS) is 16.4. The summed E-state index contributed by atoms with van der Waals surface area (Å²) >= 11 is 6.70. The molecule has 4 aromatic heterocycles. The fourth-order valence-corrected chi connectivity index (χ4v) is 7.59. The Morgan fingerprint density at radius 2 is 1.73 bits per heavy atom. The molecule has 0 radical (unpaired) electrons. The molecule has 0 saturated carbocycles. The third-order valence-electron chi connectivity index (χ3n) is 10.2. The molecule has 1 aliphatic carbocycles. The highest BCUT2D eigenvalue weighted by Gasteiger charge is 2.55. The van der Waals surface area contributed by atoms with Crippen molar-refractivity contribution in [3.05, 3.63) is 111 Å². The molecule has 4 heterocycles. The van der Waals surface area contributed by atoms with Gasteiger partial charge in [-0.1, -0.05) is 42.6 Å². The number of alkyl halides is 4.